The van der Waals surface area contributed by atoms with E-state index in [1.54, 1.807) is 0 Å². The summed E-state index contributed by atoms with van der Waals surface area (Å²) in [6.07, 6.45) is 2.09. The van der Waals surface area contributed by atoms with Crippen molar-refractivity contribution in [3.05, 3.63) is 66.2 Å². The second kappa shape index (κ2) is 5.35. The van der Waals surface area contributed by atoms with Gasteiger partial charge in [0.05, 0.1) is 0 Å². The lowest BCUT2D eigenvalue weighted by Crippen LogP contribution is -1.89. The quantitative estimate of drug-likeness (QED) is 0.720. The predicted molar refractivity (Wildman–Crippen MR) is 72.3 cm³/mol. The van der Waals surface area contributed by atoms with Gasteiger partial charge in [0.15, 0.2) is 0 Å². The lowest BCUT2D eigenvalue weighted by Gasteiger charge is -2.11. The minimum atomic E-state index is 0.865. The van der Waals surface area contributed by atoms with Crippen molar-refractivity contribution < 1.29 is 4.74 Å². The molecule has 0 radical (unpaired) electrons. The molecule has 2 aromatic rings. The predicted octanol–water partition coefficient (Wildman–Crippen LogP) is 4.90. The molecule has 1 nitrogen and oxygen atoms in total. The van der Waals surface area contributed by atoms with Crippen LogP contribution < -0.4 is 4.74 Å². The molecule has 0 saturated heterocycles. The maximum absolute atomic E-state index is 5.89. The second-order valence-electron chi connectivity index (χ2n) is 3.88. The molecule has 0 heterocycles. The first kappa shape index (κ1) is 11.5. The highest BCUT2D eigenvalue weighted by Crippen LogP contribution is 2.29. The molecule has 0 bridgehead atoms. The Kier molecular flexibility index (Phi) is 3.61. The molecule has 2 aromatic carbocycles. The molecule has 0 aromatic heterocycles. The van der Waals surface area contributed by atoms with Crippen LogP contribution in [0.3, 0.4) is 0 Å². The van der Waals surface area contributed by atoms with Crippen LogP contribution in [-0.2, 0) is 0 Å². The average Bonchev–Trinajstić information content (AvgIpc) is 2.40. The van der Waals surface area contributed by atoms with E-state index in [-0.39, 0.29) is 0 Å². The largest absolute Gasteiger partial charge is 0.457 e. The summed E-state index contributed by atoms with van der Waals surface area (Å²) in [5.74, 6) is 1.76. The van der Waals surface area contributed by atoms with Gasteiger partial charge < -0.3 is 4.74 Å². The Balaban J connectivity index is 2.33. The number of hydrogen-bond donors (Lipinski definition) is 0. The minimum absolute atomic E-state index is 0.865. The van der Waals surface area contributed by atoms with Crippen LogP contribution in [0.2, 0.25) is 0 Å². The van der Waals surface area contributed by atoms with E-state index in [4.69, 9.17) is 4.74 Å². The van der Waals surface area contributed by atoms with Crippen LogP contribution in [0.25, 0.3) is 5.57 Å². The van der Waals surface area contributed by atoms with E-state index in [0.29, 0.717) is 0 Å². The average molecular weight is 224 g/mol. The van der Waals surface area contributed by atoms with E-state index in [1.165, 1.54) is 5.57 Å². The summed E-state index contributed by atoms with van der Waals surface area (Å²) < 4.78 is 5.89. The van der Waals surface area contributed by atoms with Crippen molar-refractivity contribution in [2.75, 3.05) is 0 Å². The third kappa shape index (κ3) is 2.76. The van der Waals surface area contributed by atoms with Crippen molar-refractivity contribution in [1.82, 2.24) is 0 Å². The number of ether oxygens (including phenoxy) is 1. The topological polar surface area (TPSA) is 9.23 Å². The summed E-state index contributed by atoms with van der Waals surface area (Å²) in [6, 6.07) is 17.9. The molecule has 0 amide bonds. The van der Waals surface area contributed by atoms with Crippen LogP contribution in [-0.4, -0.2) is 0 Å². The highest BCUT2D eigenvalue weighted by molar-refractivity contribution is 5.69. The maximum atomic E-state index is 5.89. The van der Waals surface area contributed by atoms with Crippen LogP contribution in [0.4, 0.5) is 0 Å². The first-order valence-electron chi connectivity index (χ1n) is 5.76. The monoisotopic (exact) mass is 224 g/mol. The molecule has 0 N–H and O–H groups in total. The third-order valence-corrected chi connectivity index (χ3v) is 2.72. The van der Waals surface area contributed by atoms with Gasteiger partial charge in [-0.1, -0.05) is 42.5 Å². The molecular formula is C16H16O. The van der Waals surface area contributed by atoms with Crippen LogP contribution in [0.1, 0.15) is 19.4 Å². The summed E-state index contributed by atoms with van der Waals surface area (Å²) in [6.45, 7) is 4.13. The molecule has 0 spiro atoms. The van der Waals surface area contributed by atoms with Crippen molar-refractivity contribution in [3.63, 3.8) is 0 Å². The lowest BCUT2D eigenvalue weighted by atomic mass is 10.1. The Bertz CT molecular complexity index is 512. The van der Waals surface area contributed by atoms with E-state index in [1.807, 2.05) is 55.5 Å². The summed E-state index contributed by atoms with van der Waals surface area (Å²) in [5.41, 5.74) is 2.36. The first-order chi connectivity index (χ1) is 8.31. The Morgan fingerprint density at radius 1 is 0.941 bits per heavy atom. The third-order valence-electron chi connectivity index (χ3n) is 2.72. The highest BCUT2D eigenvalue weighted by Gasteiger charge is 2.04. The molecule has 0 aliphatic rings. The normalized spacial score (nSPS) is 11.3. The van der Waals surface area contributed by atoms with E-state index in [0.717, 1.165) is 17.1 Å². The van der Waals surface area contributed by atoms with Gasteiger partial charge >= 0.3 is 0 Å². The van der Waals surface area contributed by atoms with Gasteiger partial charge in [0.25, 0.3) is 0 Å². The smallest absolute Gasteiger partial charge is 0.134 e. The lowest BCUT2D eigenvalue weighted by molar-refractivity contribution is 0.481. The number of rotatable bonds is 3. The molecule has 0 aliphatic carbocycles. The van der Waals surface area contributed by atoms with Gasteiger partial charge in [0.1, 0.15) is 11.5 Å². The molecule has 17 heavy (non-hydrogen) atoms. The van der Waals surface area contributed by atoms with Gasteiger partial charge in [-0.15, -0.1) is 0 Å². The van der Waals surface area contributed by atoms with Crippen molar-refractivity contribution in [2.45, 2.75) is 13.8 Å². The Hall–Kier alpha value is -2.02. The van der Waals surface area contributed by atoms with Gasteiger partial charge in [0.2, 0.25) is 0 Å². The molecule has 1 heteroatoms. The van der Waals surface area contributed by atoms with Gasteiger partial charge in [-0.3, -0.25) is 0 Å². The zero-order valence-corrected chi connectivity index (χ0v) is 10.2. The Morgan fingerprint density at radius 2 is 1.59 bits per heavy atom. The molecule has 0 atom stereocenters. The van der Waals surface area contributed by atoms with Crippen LogP contribution in [0, 0.1) is 0 Å². The van der Waals surface area contributed by atoms with Gasteiger partial charge in [-0.05, 0) is 37.6 Å². The standard InChI is InChI=1S/C16H16O/c1-3-13(2)15-11-7-8-12-16(15)17-14-9-5-4-6-10-14/h3-12H,1-2H3. The summed E-state index contributed by atoms with van der Waals surface area (Å²) in [7, 11) is 0. The molecule has 0 unspecified atom stereocenters. The molecule has 0 aliphatic heterocycles. The van der Waals surface area contributed by atoms with Crippen molar-refractivity contribution in [1.29, 1.82) is 0 Å². The van der Waals surface area contributed by atoms with Crippen molar-refractivity contribution in [3.8, 4) is 11.5 Å². The fourth-order valence-corrected chi connectivity index (χ4v) is 1.65. The van der Waals surface area contributed by atoms with Crippen LogP contribution in [0.15, 0.2) is 60.7 Å². The van der Waals surface area contributed by atoms with E-state index in [9.17, 15) is 0 Å². The number of hydrogen-bond acceptors (Lipinski definition) is 1. The zero-order valence-electron chi connectivity index (χ0n) is 10.2. The van der Waals surface area contributed by atoms with Crippen LogP contribution in [0.5, 0.6) is 11.5 Å². The maximum Gasteiger partial charge on any atom is 0.134 e. The first-order valence-corrected chi connectivity index (χ1v) is 5.76. The highest BCUT2D eigenvalue weighted by atomic mass is 16.5. The van der Waals surface area contributed by atoms with E-state index < -0.39 is 0 Å². The molecule has 86 valence electrons. The summed E-state index contributed by atoms with van der Waals surface area (Å²) >= 11 is 0. The SMILES string of the molecule is CC=C(C)c1ccccc1Oc1ccccc1. The number of benzene rings is 2. The van der Waals surface area contributed by atoms with E-state index >= 15 is 0 Å². The molecule has 0 saturated carbocycles. The fraction of sp³-hybridized carbons (Fsp3) is 0.125. The van der Waals surface area contributed by atoms with Gasteiger partial charge in [0, 0.05) is 5.56 Å². The van der Waals surface area contributed by atoms with Crippen molar-refractivity contribution >= 4 is 5.57 Å². The van der Waals surface area contributed by atoms with Crippen molar-refractivity contribution in [2.24, 2.45) is 0 Å². The zero-order chi connectivity index (χ0) is 12.1. The molecule has 2 rings (SSSR count). The number of allylic oxidation sites excluding steroid dienone is 2. The fourth-order valence-electron chi connectivity index (χ4n) is 1.65. The molecular weight excluding hydrogens is 208 g/mol. The summed E-state index contributed by atoms with van der Waals surface area (Å²) in [4.78, 5) is 0. The minimum Gasteiger partial charge on any atom is -0.457 e. The number of para-hydroxylation sites is 2. The second-order valence-corrected chi connectivity index (χ2v) is 3.88. The Morgan fingerprint density at radius 3 is 2.29 bits per heavy atom. The van der Waals surface area contributed by atoms with E-state index in [2.05, 4.69) is 19.1 Å². The Labute approximate surface area is 102 Å². The van der Waals surface area contributed by atoms with Gasteiger partial charge in [-0.2, -0.15) is 0 Å². The summed E-state index contributed by atoms with van der Waals surface area (Å²) in [5, 5.41) is 0. The molecule has 0 fully saturated rings. The van der Waals surface area contributed by atoms with Crippen LogP contribution >= 0.6 is 0 Å². The van der Waals surface area contributed by atoms with Gasteiger partial charge in [-0.25, -0.2) is 0 Å².